The lowest BCUT2D eigenvalue weighted by Crippen LogP contribution is -2.04. The molecule has 0 fully saturated rings. The fourth-order valence-corrected chi connectivity index (χ4v) is 2.49. The number of carbonyl (C=O) groups is 1. The van der Waals surface area contributed by atoms with Crippen molar-refractivity contribution in [3.05, 3.63) is 59.8 Å². The van der Waals surface area contributed by atoms with E-state index in [1.165, 1.54) is 19.2 Å². The fourth-order valence-electron chi connectivity index (χ4n) is 2.49. The summed E-state index contributed by atoms with van der Waals surface area (Å²) in [4.78, 5) is 15.3. The largest absolute Gasteiger partial charge is 0.497 e. The smallest absolute Gasteiger partial charge is 0.416 e. The summed E-state index contributed by atoms with van der Waals surface area (Å²) in [5, 5.41) is 0.723. The van der Waals surface area contributed by atoms with Crippen LogP contribution in [0.1, 0.15) is 16.1 Å². The normalized spacial score (nSPS) is 11.5. The van der Waals surface area contributed by atoms with Crippen LogP contribution in [0.25, 0.3) is 22.0 Å². The first-order chi connectivity index (χ1) is 11.4. The van der Waals surface area contributed by atoms with Crippen LogP contribution in [0.2, 0.25) is 0 Å². The van der Waals surface area contributed by atoms with Gasteiger partial charge in [0.25, 0.3) is 0 Å². The lowest BCUT2D eigenvalue weighted by atomic mass is 9.99. The molecule has 0 radical (unpaired) electrons. The number of ether oxygens (including phenoxy) is 1. The van der Waals surface area contributed by atoms with E-state index in [0.29, 0.717) is 28.7 Å². The van der Waals surface area contributed by atoms with Crippen molar-refractivity contribution >= 4 is 17.2 Å². The third-order valence-electron chi connectivity index (χ3n) is 3.68. The fraction of sp³-hybridized carbons (Fsp3) is 0.111. The van der Waals surface area contributed by atoms with Crippen molar-refractivity contribution in [3.63, 3.8) is 0 Å². The van der Waals surface area contributed by atoms with Gasteiger partial charge in [-0.3, -0.25) is 4.79 Å². The van der Waals surface area contributed by atoms with Gasteiger partial charge >= 0.3 is 6.18 Å². The van der Waals surface area contributed by atoms with Crippen LogP contribution in [-0.2, 0) is 6.18 Å². The highest BCUT2D eigenvalue weighted by Gasteiger charge is 2.30. The van der Waals surface area contributed by atoms with Crippen LogP contribution in [0, 0.1) is 0 Å². The zero-order valence-corrected chi connectivity index (χ0v) is 12.6. The molecule has 3 rings (SSSR count). The van der Waals surface area contributed by atoms with E-state index in [2.05, 4.69) is 4.98 Å². The molecule has 122 valence electrons. The van der Waals surface area contributed by atoms with Gasteiger partial charge in [0.1, 0.15) is 11.4 Å². The minimum Gasteiger partial charge on any atom is -0.497 e. The molecule has 0 saturated carbocycles. The Balaban J connectivity index is 2.19. The third kappa shape index (κ3) is 2.95. The molecule has 3 aromatic rings. The van der Waals surface area contributed by atoms with E-state index in [1.807, 2.05) is 0 Å². The molecule has 6 heteroatoms. The van der Waals surface area contributed by atoms with E-state index in [9.17, 15) is 18.0 Å². The number of alkyl halides is 3. The molecular weight excluding hydrogens is 319 g/mol. The molecule has 0 aliphatic rings. The number of carbonyl (C=O) groups excluding carboxylic acids is 1. The predicted molar refractivity (Wildman–Crippen MR) is 84.1 cm³/mol. The van der Waals surface area contributed by atoms with Crippen molar-refractivity contribution in [1.29, 1.82) is 0 Å². The van der Waals surface area contributed by atoms with Gasteiger partial charge in [0, 0.05) is 11.5 Å². The van der Waals surface area contributed by atoms with Crippen LogP contribution in [0.15, 0.2) is 48.5 Å². The molecule has 2 aromatic carbocycles. The van der Waals surface area contributed by atoms with Crippen LogP contribution < -0.4 is 4.74 Å². The summed E-state index contributed by atoms with van der Waals surface area (Å²) in [6.45, 7) is 0. The molecule has 0 N–H and O–H groups in total. The van der Waals surface area contributed by atoms with Crippen molar-refractivity contribution in [3.8, 4) is 16.9 Å². The molecule has 3 nitrogen and oxygen atoms in total. The van der Waals surface area contributed by atoms with Gasteiger partial charge in [0.15, 0.2) is 6.29 Å². The molecule has 0 atom stereocenters. The summed E-state index contributed by atoms with van der Waals surface area (Å²) in [7, 11) is 1.52. The van der Waals surface area contributed by atoms with Gasteiger partial charge in [-0.05, 0) is 41.5 Å². The number of rotatable bonds is 3. The maximum atomic E-state index is 12.7. The molecule has 0 bridgehead atoms. The van der Waals surface area contributed by atoms with Crippen LogP contribution >= 0.6 is 0 Å². The summed E-state index contributed by atoms with van der Waals surface area (Å²) >= 11 is 0. The molecule has 0 unspecified atom stereocenters. The Morgan fingerprint density at radius 3 is 2.33 bits per heavy atom. The maximum absolute atomic E-state index is 12.7. The van der Waals surface area contributed by atoms with Gasteiger partial charge in [-0.15, -0.1) is 0 Å². The highest BCUT2D eigenvalue weighted by molar-refractivity contribution is 5.97. The second kappa shape index (κ2) is 5.96. The Kier molecular flexibility index (Phi) is 3.97. The Labute approximate surface area is 135 Å². The minimum atomic E-state index is -4.39. The summed E-state index contributed by atoms with van der Waals surface area (Å²) in [6, 6.07) is 11.5. The summed E-state index contributed by atoms with van der Waals surface area (Å²) in [5.74, 6) is 0.580. The van der Waals surface area contributed by atoms with E-state index in [0.717, 1.165) is 17.5 Å². The Morgan fingerprint density at radius 1 is 1.04 bits per heavy atom. The number of pyridine rings is 1. The summed E-state index contributed by atoms with van der Waals surface area (Å²) in [6.07, 6.45) is -3.79. The number of halogens is 3. The zero-order chi connectivity index (χ0) is 17.3. The minimum absolute atomic E-state index is 0.200. The topological polar surface area (TPSA) is 39.2 Å². The first-order valence-corrected chi connectivity index (χ1v) is 7.04. The predicted octanol–water partition coefficient (Wildman–Crippen LogP) is 4.74. The SMILES string of the molecule is COc1ccc2c(-c3ccc(C(F)(F)F)cc3)cc(C=O)nc2c1. The Hall–Kier alpha value is -2.89. The van der Waals surface area contributed by atoms with Crippen LogP contribution in [0.3, 0.4) is 0 Å². The highest BCUT2D eigenvalue weighted by Crippen LogP contribution is 2.34. The van der Waals surface area contributed by atoms with E-state index < -0.39 is 11.7 Å². The van der Waals surface area contributed by atoms with Crippen LogP contribution in [0.4, 0.5) is 13.2 Å². The summed E-state index contributed by atoms with van der Waals surface area (Å²) in [5.41, 5.74) is 1.23. The van der Waals surface area contributed by atoms with Crippen LogP contribution in [0.5, 0.6) is 5.75 Å². The number of hydrogen-bond donors (Lipinski definition) is 0. The van der Waals surface area contributed by atoms with E-state index in [1.54, 1.807) is 24.3 Å². The van der Waals surface area contributed by atoms with Gasteiger partial charge < -0.3 is 4.74 Å². The quantitative estimate of drug-likeness (QED) is 0.651. The highest BCUT2D eigenvalue weighted by atomic mass is 19.4. The Bertz CT molecular complexity index is 903. The maximum Gasteiger partial charge on any atom is 0.416 e. The van der Waals surface area contributed by atoms with E-state index >= 15 is 0 Å². The molecule has 0 aliphatic heterocycles. The number of aldehydes is 1. The second-order valence-electron chi connectivity index (χ2n) is 5.17. The molecule has 0 spiro atoms. The number of benzene rings is 2. The van der Waals surface area contributed by atoms with Crippen molar-refractivity contribution in [2.75, 3.05) is 7.11 Å². The van der Waals surface area contributed by atoms with E-state index in [4.69, 9.17) is 4.74 Å². The molecule has 0 saturated heterocycles. The van der Waals surface area contributed by atoms with Gasteiger partial charge in [0.05, 0.1) is 18.2 Å². The van der Waals surface area contributed by atoms with Gasteiger partial charge in [-0.25, -0.2) is 4.98 Å². The van der Waals surface area contributed by atoms with Crippen molar-refractivity contribution in [2.24, 2.45) is 0 Å². The number of fused-ring (bicyclic) bond motifs is 1. The van der Waals surface area contributed by atoms with Crippen molar-refractivity contribution < 1.29 is 22.7 Å². The zero-order valence-electron chi connectivity index (χ0n) is 12.6. The van der Waals surface area contributed by atoms with Crippen LogP contribution in [-0.4, -0.2) is 18.4 Å². The number of aromatic nitrogens is 1. The lowest BCUT2D eigenvalue weighted by molar-refractivity contribution is -0.137. The molecule has 0 aliphatic carbocycles. The molecule has 24 heavy (non-hydrogen) atoms. The van der Waals surface area contributed by atoms with Gasteiger partial charge in [0.2, 0.25) is 0 Å². The summed E-state index contributed by atoms with van der Waals surface area (Å²) < 4.78 is 43.3. The molecular formula is C18H12F3NO2. The van der Waals surface area contributed by atoms with Crippen molar-refractivity contribution in [2.45, 2.75) is 6.18 Å². The number of nitrogens with zero attached hydrogens (tertiary/aromatic N) is 1. The number of methoxy groups -OCH3 is 1. The molecule has 0 amide bonds. The van der Waals surface area contributed by atoms with Gasteiger partial charge in [-0.2, -0.15) is 13.2 Å². The van der Waals surface area contributed by atoms with Gasteiger partial charge in [-0.1, -0.05) is 12.1 Å². The first-order valence-electron chi connectivity index (χ1n) is 7.04. The third-order valence-corrected chi connectivity index (χ3v) is 3.68. The average molecular weight is 331 g/mol. The van der Waals surface area contributed by atoms with E-state index in [-0.39, 0.29) is 5.69 Å². The monoisotopic (exact) mass is 331 g/mol. The molecule has 1 aromatic heterocycles. The average Bonchev–Trinajstić information content (AvgIpc) is 2.59. The lowest BCUT2D eigenvalue weighted by Gasteiger charge is -2.11. The molecule has 1 heterocycles. The standard InChI is InChI=1S/C18H12F3NO2/c1-24-14-6-7-15-16(8-13(10-23)22-17(15)9-14)11-2-4-12(5-3-11)18(19,20)21/h2-10H,1H3. The number of hydrogen-bond acceptors (Lipinski definition) is 3. The Morgan fingerprint density at radius 2 is 1.75 bits per heavy atom. The first kappa shape index (κ1) is 16.0. The second-order valence-corrected chi connectivity index (χ2v) is 5.17. The van der Waals surface area contributed by atoms with Crippen molar-refractivity contribution in [1.82, 2.24) is 4.98 Å².